The van der Waals surface area contributed by atoms with Gasteiger partial charge in [0.15, 0.2) is 11.2 Å². The van der Waals surface area contributed by atoms with Gasteiger partial charge in [0.05, 0.1) is 19.0 Å². The number of fused-ring (bicyclic) bond motifs is 1. The molecule has 0 saturated carbocycles. The van der Waals surface area contributed by atoms with Gasteiger partial charge in [-0.15, -0.1) is 0 Å². The molecule has 2 aromatic heterocycles. The van der Waals surface area contributed by atoms with Gasteiger partial charge < -0.3 is 34.8 Å². The molecule has 2 aromatic rings. The summed E-state index contributed by atoms with van der Waals surface area (Å²) in [4.78, 5) is 58.8. The third-order valence-corrected chi connectivity index (χ3v) is 10.1. The van der Waals surface area contributed by atoms with Crippen LogP contribution in [0.1, 0.15) is 19.6 Å². The molecule has 0 bridgehead atoms. The number of nitrogen functional groups attached to an aromatic ring is 1. The van der Waals surface area contributed by atoms with Crippen LogP contribution in [0.15, 0.2) is 11.1 Å². The molecule has 204 valence electrons. The number of phosphoric acid groups is 3. The lowest BCUT2D eigenvalue weighted by Crippen LogP contribution is -2.30. The molecular weight excluding hydrogens is 591 g/mol. The van der Waals surface area contributed by atoms with Gasteiger partial charge in [-0.25, -0.2) is 18.7 Å². The lowest BCUT2D eigenvalue weighted by Gasteiger charge is -2.23. The molecule has 1 fully saturated rings. The molecule has 3 heterocycles. The minimum atomic E-state index is -5.68. The van der Waals surface area contributed by atoms with E-state index in [0.29, 0.717) is 0 Å². The van der Waals surface area contributed by atoms with Crippen molar-refractivity contribution in [2.24, 2.45) is 0 Å². The summed E-state index contributed by atoms with van der Waals surface area (Å²) in [6.07, 6.45) is 0.615. The molecule has 0 radical (unpaired) electrons. The van der Waals surface area contributed by atoms with Gasteiger partial charge >= 0.3 is 23.5 Å². The van der Waals surface area contributed by atoms with E-state index in [0.717, 1.165) is 0 Å². The summed E-state index contributed by atoms with van der Waals surface area (Å²) in [5.74, 6) is -0.158. The van der Waals surface area contributed by atoms with Crippen LogP contribution in [0.2, 0.25) is 0 Å². The van der Waals surface area contributed by atoms with Crippen molar-refractivity contribution in [3.63, 3.8) is 0 Å². The second-order valence-electron chi connectivity index (χ2n) is 7.03. The Morgan fingerprint density at radius 3 is 2.61 bits per heavy atom. The molecule has 1 aliphatic heterocycles. The third kappa shape index (κ3) is 8.09. The van der Waals surface area contributed by atoms with E-state index in [9.17, 15) is 28.3 Å². The van der Waals surface area contributed by atoms with E-state index in [1.165, 1.54) is 32.5 Å². The predicted molar refractivity (Wildman–Crippen MR) is 126 cm³/mol. The van der Waals surface area contributed by atoms with E-state index >= 15 is 0 Å². The van der Waals surface area contributed by atoms with Crippen LogP contribution in [-0.4, -0.2) is 69.6 Å². The summed E-state index contributed by atoms with van der Waals surface area (Å²) in [5.41, 5.74) is 4.78. The summed E-state index contributed by atoms with van der Waals surface area (Å²) < 4.78 is 59.8. The van der Waals surface area contributed by atoms with Gasteiger partial charge in [-0.05, 0) is 13.2 Å². The number of aromatic nitrogens is 4. The molecule has 1 saturated heterocycles. The van der Waals surface area contributed by atoms with Crippen molar-refractivity contribution in [3.05, 3.63) is 16.7 Å². The van der Waals surface area contributed by atoms with Crippen LogP contribution < -0.4 is 11.3 Å². The summed E-state index contributed by atoms with van der Waals surface area (Å²) in [5, 5.41) is 0. The third-order valence-electron chi connectivity index (χ3n) is 4.36. The first-order valence-corrected chi connectivity index (χ1v) is 16.7. The van der Waals surface area contributed by atoms with Gasteiger partial charge in [0, 0.05) is 6.42 Å². The average molecular weight is 613 g/mol. The number of rotatable bonds is 12. The highest BCUT2D eigenvalue weighted by molar-refractivity contribution is 8.76. The number of hydrogen-bond donors (Lipinski definition) is 6. The van der Waals surface area contributed by atoms with E-state index in [-0.39, 0.29) is 29.0 Å². The van der Waals surface area contributed by atoms with Crippen molar-refractivity contribution in [1.82, 2.24) is 19.5 Å². The predicted octanol–water partition coefficient (Wildman–Crippen LogP) is 1.07. The summed E-state index contributed by atoms with van der Waals surface area (Å²) in [6.45, 7) is 1.03. The zero-order valence-electron chi connectivity index (χ0n) is 18.3. The Labute approximate surface area is 210 Å². The lowest BCUT2D eigenvalue weighted by molar-refractivity contribution is -0.0617. The molecule has 36 heavy (non-hydrogen) atoms. The molecule has 7 N–H and O–H groups in total. The number of H-pyrrole nitrogens is 1. The fourth-order valence-corrected chi connectivity index (χ4v) is 7.63. The second kappa shape index (κ2) is 11.5. The van der Waals surface area contributed by atoms with Crippen LogP contribution in [0, 0.1) is 0 Å². The summed E-state index contributed by atoms with van der Waals surface area (Å²) in [6, 6.07) is 0. The summed E-state index contributed by atoms with van der Waals surface area (Å²) >= 11 is 0. The number of hydrogen-bond acceptors (Lipinski definition) is 14. The largest absolute Gasteiger partial charge is 0.490 e. The number of nitrogens with zero attached hydrogens (tertiary/aromatic N) is 3. The fourth-order valence-electron chi connectivity index (χ4n) is 3.19. The second-order valence-corrected chi connectivity index (χ2v) is 14.2. The first kappa shape index (κ1) is 29.7. The first-order valence-electron chi connectivity index (χ1n) is 9.60. The maximum Gasteiger partial charge on any atom is 0.490 e. The standard InChI is InChI=1S/C13H22N5O13P3S2/c1-6(36-35-2)28-7-3-9(18-5-15-10-11(18)16-13(14)17-12(10)19)29-8(7)4-27-33(23,24)31-34(25,26)30-32(20,21)22/h5-9H,3-4H2,1-2H3,(H,23,24)(H,25,26)(H2,20,21,22)(H3,14,16,17,19)/t6-,7+,8?,9+/m0/s1. The Hall–Kier alpha value is -0.820. The molecule has 18 nitrogen and oxygen atoms in total. The van der Waals surface area contributed by atoms with Crippen molar-refractivity contribution < 1.29 is 55.9 Å². The molecule has 1 aliphatic rings. The maximum absolute atomic E-state index is 12.1. The quantitative estimate of drug-likeness (QED) is 0.111. The van der Waals surface area contributed by atoms with Gasteiger partial charge in [-0.1, -0.05) is 21.6 Å². The highest BCUT2D eigenvalue weighted by Crippen LogP contribution is 2.66. The monoisotopic (exact) mass is 613 g/mol. The average Bonchev–Trinajstić information content (AvgIpc) is 3.27. The van der Waals surface area contributed by atoms with Crippen LogP contribution in [0.4, 0.5) is 5.95 Å². The number of aromatic amines is 1. The Morgan fingerprint density at radius 1 is 1.28 bits per heavy atom. The summed E-state index contributed by atoms with van der Waals surface area (Å²) in [7, 11) is -13.8. The Bertz CT molecular complexity index is 1290. The number of phosphoric ester groups is 1. The van der Waals surface area contributed by atoms with E-state index in [1.54, 1.807) is 6.92 Å². The highest BCUT2D eigenvalue weighted by atomic mass is 33.1. The van der Waals surface area contributed by atoms with Crippen molar-refractivity contribution in [3.8, 4) is 0 Å². The van der Waals surface area contributed by atoms with Gasteiger partial charge in [0.25, 0.3) is 5.56 Å². The van der Waals surface area contributed by atoms with Crippen LogP contribution in [-0.2, 0) is 36.3 Å². The zero-order chi connectivity index (χ0) is 26.9. The van der Waals surface area contributed by atoms with Gasteiger partial charge in [-0.2, -0.15) is 13.6 Å². The Morgan fingerprint density at radius 2 is 1.97 bits per heavy atom. The van der Waals surface area contributed by atoms with Crippen molar-refractivity contribution in [2.75, 3.05) is 18.6 Å². The number of nitrogens with two attached hydrogens (primary N) is 1. The maximum atomic E-state index is 12.1. The molecule has 3 rings (SSSR count). The van der Waals surface area contributed by atoms with Crippen molar-refractivity contribution in [2.45, 2.75) is 37.2 Å². The van der Waals surface area contributed by atoms with E-state index in [2.05, 4.69) is 23.6 Å². The van der Waals surface area contributed by atoms with Crippen molar-refractivity contribution >= 4 is 62.2 Å². The van der Waals surface area contributed by atoms with Gasteiger partial charge in [-0.3, -0.25) is 18.9 Å². The molecule has 0 amide bonds. The number of ether oxygens (including phenoxy) is 2. The molecule has 3 unspecified atom stereocenters. The fraction of sp³-hybridized carbons (Fsp3) is 0.615. The Balaban J connectivity index is 1.78. The number of imidazole rings is 1. The van der Waals surface area contributed by atoms with Crippen LogP contribution in [0.5, 0.6) is 0 Å². The van der Waals surface area contributed by atoms with Crippen molar-refractivity contribution in [1.29, 1.82) is 0 Å². The molecular formula is C13H22N5O13P3S2. The molecule has 0 spiro atoms. The SMILES string of the molecule is CSS[C@@H](C)O[C@@H]1C[C@H](n2cnc3c(=O)[nH]c(N)nc32)OC1COP(=O)(O)OP(=O)(O)OP(=O)(O)O. The topological polar surface area (TPSA) is 268 Å². The molecule has 0 aliphatic carbocycles. The van der Waals surface area contributed by atoms with Gasteiger partial charge in [0.2, 0.25) is 5.95 Å². The minimum Gasteiger partial charge on any atom is -0.369 e. The lowest BCUT2D eigenvalue weighted by atomic mass is 10.2. The molecule has 0 aromatic carbocycles. The van der Waals surface area contributed by atoms with Crippen LogP contribution in [0.25, 0.3) is 11.2 Å². The van der Waals surface area contributed by atoms with Gasteiger partial charge in [0.1, 0.15) is 17.8 Å². The molecule has 6 atom stereocenters. The van der Waals surface area contributed by atoms with E-state index < -0.39 is 54.1 Å². The Kier molecular flexibility index (Phi) is 9.51. The van der Waals surface area contributed by atoms with Crippen LogP contribution in [0.3, 0.4) is 0 Å². The smallest absolute Gasteiger partial charge is 0.369 e. The van der Waals surface area contributed by atoms with E-state index in [4.69, 9.17) is 29.5 Å². The molecule has 23 heteroatoms. The number of nitrogens with one attached hydrogen (secondary N) is 1. The zero-order valence-corrected chi connectivity index (χ0v) is 22.7. The number of anilines is 1. The highest BCUT2D eigenvalue weighted by Gasteiger charge is 2.44. The normalized spacial score (nSPS) is 25.0. The minimum absolute atomic E-state index is 0.00621. The van der Waals surface area contributed by atoms with E-state index in [1.807, 2.05) is 6.26 Å². The van der Waals surface area contributed by atoms with Crippen LogP contribution >= 0.6 is 45.1 Å². The first-order chi connectivity index (χ1) is 16.6.